The summed E-state index contributed by atoms with van der Waals surface area (Å²) in [4.78, 5) is 16.6. The van der Waals surface area contributed by atoms with E-state index in [9.17, 15) is 4.79 Å². The summed E-state index contributed by atoms with van der Waals surface area (Å²) in [5.41, 5.74) is 1.98. The normalized spacial score (nSPS) is 16.2. The number of hydrogen-bond acceptors (Lipinski definition) is 5. The van der Waals surface area contributed by atoms with E-state index in [-0.39, 0.29) is 12.7 Å². The number of carbonyl (C=O) groups is 1. The third kappa shape index (κ3) is 3.13. The van der Waals surface area contributed by atoms with E-state index in [1.165, 1.54) is 25.7 Å². The van der Waals surface area contributed by atoms with Crippen molar-refractivity contribution in [2.75, 3.05) is 17.4 Å². The summed E-state index contributed by atoms with van der Waals surface area (Å²) in [6.07, 6.45) is 6.55. The fourth-order valence-corrected chi connectivity index (χ4v) is 3.12. The lowest BCUT2D eigenvalue weighted by atomic mass is 10.2. The summed E-state index contributed by atoms with van der Waals surface area (Å²) >= 11 is 0. The van der Waals surface area contributed by atoms with Gasteiger partial charge in [-0.2, -0.15) is 0 Å². The molecule has 0 spiro atoms. The molecule has 1 saturated carbocycles. The van der Waals surface area contributed by atoms with Crippen LogP contribution in [0.5, 0.6) is 11.5 Å². The standard InChI is InChI=1S/C18H19N3O3/c22-18(21-13-5-6-16-17(10-13)24-11-23-16)15-9-14(7-8-19-15)20-12-3-1-2-4-12/h5-10,12H,1-4,11H2,(H,19,20)(H,21,22). The number of carbonyl (C=O) groups excluding carboxylic acids is 1. The summed E-state index contributed by atoms with van der Waals surface area (Å²) in [6, 6.07) is 9.50. The van der Waals surface area contributed by atoms with Gasteiger partial charge in [0.1, 0.15) is 5.69 Å². The molecule has 6 nitrogen and oxygen atoms in total. The largest absolute Gasteiger partial charge is 0.454 e. The number of benzene rings is 1. The van der Waals surface area contributed by atoms with Crippen molar-refractivity contribution in [3.8, 4) is 11.5 Å². The Morgan fingerprint density at radius 1 is 1.04 bits per heavy atom. The number of rotatable bonds is 4. The monoisotopic (exact) mass is 325 g/mol. The molecule has 1 aliphatic carbocycles. The van der Waals surface area contributed by atoms with Gasteiger partial charge in [0.05, 0.1) is 0 Å². The number of aromatic nitrogens is 1. The van der Waals surface area contributed by atoms with Gasteiger partial charge in [-0.1, -0.05) is 12.8 Å². The van der Waals surface area contributed by atoms with Crippen LogP contribution in [0.15, 0.2) is 36.5 Å². The lowest BCUT2D eigenvalue weighted by molar-refractivity contribution is 0.102. The minimum atomic E-state index is -0.246. The van der Waals surface area contributed by atoms with Gasteiger partial charge < -0.3 is 20.1 Å². The topological polar surface area (TPSA) is 72.5 Å². The second-order valence-electron chi connectivity index (χ2n) is 6.08. The SMILES string of the molecule is O=C(Nc1ccc2c(c1)OCO2)c1cc(NC2CCCC2)ccn1. The maximum Gasteiger partial charge on any atom is 0.274 e. The highest BCUT2D eigenvalue weighted by molar-refractivity contribution is 6.03. The maximum absolute atomic E-state index is 12.4. The number of hydrogen-bond donors (Lipinski definition) is 2. The number of anilines is 2. The van der Waals surface area contributed by atoms with Gasteiger partial charge in [0, 0.05) is 29.7 Å². The van der Waals surface area contributed by atoms with Crippen LogP contribution in [0.1, 0.15) is 36.2 Å². The number of amides is 1. The second-order valence-corrected chi connectivity index (χ2v) is 6.08. The van der Waals surface area contributed by atoms with Gasteiger partial charge in [0.2, 0.25) is 6.79 Å². The lowest BCUT2D eigenvalue weighted by Crippen LogP contribution is -2.17. The number of fused-ring (bicyclic) bond motifs is 1. The molecule has 2 aromatic rings. The van der Waals surface area contributed by atoms with Gasteiger partial charge in [0.15, 0.2) is 11.5 Å². The summed E-state index contributed by atoms with van der Waals surface area (Å²) < 4.78 is 10.6. The summed E-state index contributed by atoms with van der Waals surface area (Å²) in [7, 11) is 0. The number of ether oxygens (including phenoxy) is 2. The first-order valence-corrected chi connectivity index (χ1v) is 8.21. The van der Waals surface area contributed by atoms with Gasteiger partial charge in [-0.15, -0.1) is 0 Å². The molecule has 0 atom stereocenters. The molecule has 6 heteroatoms. The van der Waals surface area contributed by atoms with Crippen molar-refractivity contribution in [1.29, 1.82) is 0 Å². The fraction of sp³-hybridized carbons (Fsp3) is 0.333. The number of nitrogens with one attached hydrogen (secondary N) is 2. The molecular weight excluding hydrogens is 306 g/mol. The summed E-state index contributed by atoms with van der Waals surface area (Å²) in [5.74, 6) is 1.08. The van der Waals surface area contributed by atoms with Gasteiger partial charge in [-0.25, -0.2) is 0 Å². The van der Waals surface area contributed by atoms with Crippen LogP contribution >= 0.6 is 0 Å². The average molecular weight is 325 g/mol. The third-order valence-electron chi connectivity index (χ3n) is 4.35. The Bertz CT molecular complexity index is 757. The van der Waals surface area contributed by atoms with Crippen LogP contribution in [0.25, 0.3) is 0 Å². The zero-order valence-electron chi connectivity index (χ0n) is 13.2. The molecule has 1 fully saturated rings. The molecule has 0 unspecified atom stereocenters. The second kappa shape index (κ2) is 6.39. The van der Waals surface area contributed by atoms with Crippen LogP contribution in [0.4, 0.5) is 11.4 Å². The Labute approximate surface area is 140 Å². The van der Waals surface area contributed by atoms with Crippen molar-refractivity contribution >= 4 is 17.3 Å². The molecule has 1 aliphatic heterocycles. The van der Waals surface area contributed by atoms with Crippen molar-refractivity contribution < 1.29 is 14.3 Å². The van der Waals surface area contributed by atoms with Crippen molar-refractivity contribution in [3.63, 3.8) is 0 Å². The molecule has 2 N–H and O–H groups in total. The van der Waals surface area contributed by atoms with Crippen LogP contribution in [-0.4, -0.2) is 23.7 Å². The van der Waals surface area contributed by atoms with Gasteiger partial charge in [-0.05, 0) is 37.1 Å². The van der Waals surface area contributed by atoms with E-state index >= 15 is 0 Å². The van der Waals surface area contributed by atoms with Crippen LogP contribution < -0.4 is 20.1 Å². The van der Waals surface area contributed by atoms with Crippen molar-refractivity contribution in [1.82, 2.24) is 4.98 Å². The molecule has 4 rings (SSSR count). The first-order valence-electron chi connectivity index (χ1n) is 8.21. The van der Waals surface area contributed by atoms with Crippen LogP contribution in [0.2, 0.25) is 0 Å². The Balaban J connectivity index is 1.45. The molecule has 124 valence electrons. The minimum absolute atomic E-state index is 0.211. The van der Waals surface area contributed by atoms with Crippen molar-refractivity contribution in [2.45, 2.75) is 31.7 Å². The fourth-order valence-electron chi connectivity index (χ4n) is 3.12. The van der Waals surface area contributed by atoms with Gasteiger partial charge in [0.25, 0.3) is 5.91 Å². The zero-order valence-corrected chi connectivity index (χ0v) is 13.2. The van der Waals surface area contributed by atoms with E-state index in [4.69, 9.17) is 9.47 Å². The first kappa shape index (κ1) is 14.8. The Morgan fingerprint density at radius 2 is 1.88 bits per heavy atom. The van der Waals surface area contributed by atoms with E-state index < -0.39 is 0 Å². The molecule has 1 aromatic carbocycles. The van der Waals surface area contributed by atoms with Crippen LogP contribution in [-0.2, 0) is 0 Å². The lowest BCUT2D eigenvalue weighted by Gasteiger charge is -2.14. The molecule has 2 aliphatic rings. The zero-order chi connectivity index (χ0) is 16.4. The Morgan fingerprint density at radius 3 is 2.75 bits per heavy atom. The molecule has 1 amide bonds. The van der Waals surface area contributed by atoms with Crippen molar-refractivity contribution in [2.24, 2.45) is 0 Å². The van der Waals surface area contributed by atoms with Crippen LogP contribution in [0.3, 0.4) is 0 Å². The number of pyridine rings is 1. The summed E-state index contributed by atoms with van der Waals surface area (Å²) in [6.45, 7) is 0.211. The Kier molecular flexibility index (Phi) is 3.94. The molecule has 0 radical (unpaired) electrons. The quantitative estimate of drug-likeness (QED) is 0.901. The minimum Gasteiger partial charge on any atom is -0.454 e. The highest BCUT2D eigenvalue weighted by Crippen LogP contribution is 2.34. The van der Waals surface area contributed by atoms with E-state index in [0.717, 1.165) is 5.69 Å². The highest BCUT2D eigenvalue weighted by atomic mass is 16.7. The Hall–Kier alpha value is -2.76. The summed E-state index contributed by atoms with van der Waals surface area (Å²) in [5, 5.41) is 6.32. The maximum atomic E-state index is 12.4. The van der Waals surface area contributed by atoms with E-state index in [1.807, 2.05) is 6.07 Å². The third-order valence-corrected chi connectivity index (χ3v) is 4.35. The molecule has 24 heavy (non-hydrogen) atoms. The van der Waals surface area contributed by atoms with Gasteiger partial charge in [-0.3, -0.25) is 9.78 Å². The van der Waals surface area contributed by atoms with E-state index in [0.29, 0.717) is 28.9 Å². The van der Waals surface area contributed by atoms with Gasteiger partial charge >= 0.3 is 0 Å². The smallest absolute Gasteiger partial charge is 0.274 e. The molecular formula is C18H19N3O3. The highest BCUT2D eigenvalue weighted by Gasteiger charge is 2.17. The first-order chi connectivity index (χ1) is 11.8. The molecule has 1 aromatic heterocycles. The van der Waals surface area contributed by atoms with E-state index in [1.54, 1.807) is 30.5 Å². The molecule has 0 bridgehead atoms. The predicted molar refractivity (Wildman–Crippen MR) is 90.6 cm³/mol. The van der Waals surface area contributed by atoms with E-state index in [2.05, 4.69) is 15.6 Å². The predicted octanol–water partition coefficient (Wildman–Crippen LogP) is 3.42. The molecule has 0 saturated heterocycles. The number of nitrogens with zero attached hydrogens (tertiary/aromatic N) is 1. The van der Waals surface area contributed by atoms with Crippen LogP contribution in [0, 0.1) is 0 Å². The molecule has 2 heterocycles. The average Bonchev–Trinajstić information content (AvgIpc) is 3.26. The van der Waals surface area contributed by atoms with Crippen molar-refractivity contribution in [3.05, 3.63) is 42.2 Å².